The molecule has 2 heterocycles. The number of rotatable bonds is 5. The van der Waals surface area contributed by atoms with E-state index in [1.54, 1.807) is 36.8 Å². The molecule has 1 saturated carbocycles. The molecule has 1 N–H and O–H groups in total. The molecule has 1 aliphatic carbocycles. The van der Waals surface area contributed by atoms with E-state index in [0.717, 1.165) is 12.8 Å². The minimum Gasteiger partial charge on any atom is -0.371 e. The monoisotopic (exact) mass is 308 g/mol. The summed E-state index contributed by atoms with van der Waals surface area (Å²) < 4.78 is 28.9. The first kappa shape index (κ1) is 14.3. The molecule has 1 fully saturated rings. The molecule has 6 nitrogen and oxygen atoms in total. The molecule has 0 aliphatic heterocycles. The zero-order valence-corrected chi connectivity index (χ0v) is 13.1. The van der Waals surface area contributed by atoms with Crippen molar-refractivity contribution in [2.45, 2.75) is 24.3 Å². The summed E-state index contributed by atoms with van der Waals surface area (Å²) in [6, 6.07) is 5.45. The highest BCUT2D eigenvalue weighted by atomic mass is 32.2. The number of nitrogens with one attached hydrogen (secondary N) is 1. The van der Waals surface area contributed by atoms with Crippen molar-refractivity contribution in [3.05, 3.63) is 24.4 Å². The van der Waals surface area contributed by atoms with Crippen LogP contribution in [0.2, 0.25) is 0 Å². The predicted molar refractivity (Wildman–Crippen MR) is 81.9 cm³/mol. The fraction of sp³-hybridized carbons (Fsp3) is 0.500. The predicted octanol–water partition coefficient (Wildman–Crippen LogP) is 1.80. The Morgan fingerprint density at radius 2 is 2.19 bits per heavy atom. The number of pyridine rings is 1. The van der Waals surface area contributed by atoms with E-state index < -0.39 is 10.0 Å². The average Bonchev–Trinajstić information content (AvgIpc) is 2.81. The van der Waals surface area contributed by atoms with Crippen LogP contribution in [0, 0.1) is 5.92 Å². The van der Waals surface area contributed by atoms with Gasteiger partial charge < -0.3 is 5.32 Å². The van der Waals surface area contributed by atoms with E-state index in [2.05, 4.69) is 10.3 Å². The molecular formula is C14H20N4O2S. The van der Waals surface area contributed by atoms with Gasteiger partial charge in [0, 0.05) is 26.8 Å². The van der Waals surface area contributed by atoms with Crippen LogP contribution in [0.1, 0.15) is 19.3 Å². The number of aromatic nitrogens is 2. The first-order valence-corrected chi connectivity index (χ1v) is 8.59. The minimum absolute atomic E-state index is 0.211. The smallest absolute Gasteiger partial charge is 0.262 e. The van der Waals surface area contributed by atoms with E-state index in [0.29, 0.717) is 23.9 Å². The zero-order valence-electron chi connectivity index (χ0n) is 12.3. The molecule has 0 radical (unpaired) electrons. The van der Waals surface area contributed by atoms with E-state index in [-0.39, 0.29) is 5.03 Å². The van der Waals surface area contributed by atoms with Crippen molar-refractivity contribution in [1.82, 2.24) is 13.7 Å². The van der Waals surface area contributed by atoms with Crippen molar-refractivity contribution in [1.29, 1.82) is 0 Å². The average molecular weight is 308 g/mol. The van der Waals surface area contributed by atoms with E-state index in [1.807, 2.05) is 6.07 Å². The lowest BCUT2D eigenvalue weighted by molar-refractivity contribution is 0.262. The number of anilines is 1. The van der Waals surface area contributed by atoms with Crippen molar-refractivity contribution >= 4 is 21.5 Å². The Kier molecular flexibility index (Phi) is 3.62. The normalized spacial score (nSPS) is 16.3. The molecule has 0 saturated heterocycles. The molecular weight excluding hydrogens is 288 g/mol. The second-order valence-electron chi connectivity index (χ2n) is 5.53. The Balaban J connectivity index is 2.04. The van der Waals surface area contributed by atoms with Crippen LogP contribution in [0.15, 0.2) is 29.4 Å². The lowest BCUT2D eigenvalue weighted by Crippen LogP contribution is -2.35. The third kappa shape index (κ3) is 2.40. The number of sulfonamides is 1. The summed E-state index contributed by atoms with van der Waals surface area (Å²) in [4.78, 5) is 4.34. The van der Waals surface area contributed by atoms with Crippen LogP contribution in [0.4, 0.5) is 5.82 Å². The first-order valence-electron chi connectivity index (χ1n) is 7.15. The zero-order chi connectivity index (χ0) is 15.0. The molecule has 2 aromatic heterocycles. The van der Waals surface area contributed by atoms with Gasteiger partial charge in [-0.05, 0) is 30.9 Å². The largest absolute Gasteiger partial charge is 0.371 e. The highest BCUT2D eigenvalue weighted by molar-refractivity contribution is 7.89. The molecule has 0 spiro atoms. The Hall–Kier alpha value is -1.60. The van der Waals surface area contributed by atoms with E-state index >= 15 is 0 Å². The van der Waals surface area contributed by atoms with Crippen molar-refractivity contribution in [3.63, 3.8) is 0 Å². The van der Waals surface area contributed by atoms with E-state index in [4.69, 9.17) is 0 Å². The maximum Gasteiger partial charge on any atom is 0.262 e. The standard InChI is InChI=1S/C14H20N4O2S/c1-15-13-14(18-9-4-3-8-12(18)16-13)21(19,20)17(2)10-11-6-5-7-11/h3-4,8-9,11,15H,5-7,10H2,1-2H3. The molecule has 114 valence electrons. The summed E-state index contributed by atoms with van der Waals surface area (Å²) in [6.07, 6.45) is 5.17. The highest BCUT2D eigenvalue weighted by Gasteiger charge is 2.31. The van der Waals surface area contributed by atoms with Gasteiger partial charge in [-0.1, -0.05) is 12.5 Å². The Morgan fingerprint density at radius 3 is 2.81 bits per heavy atom. The Bertz CT molecular complexity index is 749. The van der Waals surface area contributed by atoms with Crippen molar-refractivity contribution in [3.8, 4) is 0 Å². The summed E-state index contributed by atoms with van der Waals surface area (Å²) in [5, 5.41) is 3.10. The summed E-state index contributed by atoms with van der Waals surface area (Å²) >= 11 is 0. The van der Waals surface area contributed by atoms with Gasteiger partial charge in [0.25, 0.3) is 10.0 Å². The molecule has 0 atom stereocenters. The van der Waals surface area contributed by atoms with Gasteiger partial charge in [0.15, 0.2) is 10.8 Å². The number of nitrogens with zero attached hydrogens (tertiary/aromatic N) is 3. The third-order valence-corrected chi connectivity index (χ3v) is 5.97. The lowest BCUT2D eigenvalue weighted by Gasteiger charge is -2.29. The van der Waals surface area contributed by atoms with Gasteiger partial charge in [0.1, 0.15) is 5.65 Å². The summed E-state index contributed by atoms with van der Waals surface area (Å²) in [5.41, 5.74) is 0.623. The minimum atomic E-state index is -3.56. The first-order chi connectivity index (χ1) is 10.0. The molecule has 7 heteroatoms. The van der Waals surface area contributed by atoms with Crippen molar-refractivity contribution < 1.29 is 8.42 Å². The fourth-order valence-electron chi connectivity index (χ4n) is 2.67. The van der Waals surface area contributed by atoms with Gasteiger partial charge in [-0.25, -0.2) is 13.4 Å². The second kappa shape index (κ2) is 5.31. The van der Waals surface area contributed by atoms with Crippen LogP contribution in [-0.2, 0) is 10.0 Å². The molecule has 0 aromatic carbocycles. The molecule has 0 unspecified atom stereocenters. The maximum absolute atomic E-state index is 12.9. The van der Waals surface area contributed by atoms with Crippen LogP contribution < -0.4 is 5.32 Å². The molecule has 0 bridgehead atoms. The van der Waals surface area contributed by atoms with Crippen molar-refractivity contribution in [2.75, 3.05) is 26.0 Å². The lowest BCUT2D eigenvalue weighted by atomic mass is 9.86. The van der Waals surface area contributed by atoms with Crippen LogP contribution in [-0.4, -0.2) is 42.7 Å². The van der Waals surface area contributed by atoms with Gasteiger partial charge in [0.05, 0.1) is 0 Å². The van der Waals surface area contributed by atoms with Gasteiger partial charge in [0.2, 0.25) is 0 Å². The number of fused-ring (bicyclic) bond motifs is 1. The summed E-state index contributed by atoms with van der Waals surface area (Å²) in [5.74, 6) is 0.878. The number of hydrogen-bond acceptors (Lipinski definition) is 4. The molecule has 0 amide bonds. The summed E-state index contributed by atoms with van der Waals surface area (Å²) in [6.45, 7) is 0.575. The molecule has 1 aliphatic rings. The van der Waals surface area contributed by atoms with Crippen molar-refractivity contribution in [2.24, 2.45) is 5.92 Å². The van der Waals surface area contributed by atoms with Gasteiger partial charge in [-0.2, -0.15) is 4.31 Å². The third-order valence-electron chi connectivity index (χ3n) is 4.12. The van der Waals surface area contributed by atoms with Crippen LogP contribution >= 0.6 is 0 Å². The quantitative estimate of drug-likeness (QED) is 0.914. The molecule has 21 heavy (non-hydrogen) atoms. The maximum atomic E-state index is 12.9. The van der Waals surface area contributed by atoms with Gasteiger partial charge in [-0.15, -0.1) is 0 Å². The van der Waals surface area contributed by atoms with Crippen LogP contribution in [0.5, 0.6) is 0 Å². The molecule has 2 aromatic rings. The van der Waals surface area contributed by atoms with Crippen LogP contribution in [0.3, 0.4) is 0 Å². The second-order valence-corrected chi connectivity index (χ2v) is 7.49. The SMILES string of the molecule is CNc1nc2ccccn2c1S(=O)(=O)N(C)CC1CCC1. The van der Waals surface area contributed by atoms with E-state index in [1.165, 1.54) is 10.7 Å². The van der Waals surface area contributed by atoms with Gasteiger partial charge >= 0.3 is 0 Å². The Morgan fingerprint density at radius 1 is 1.43 bits per heavy atom. The number of imidazole rings is 1. The van der Waals surface area contributed by atoms with Gasteiger partial charge in [-0.3, -0.25) is 4.40 Å². The molecule has 3 rings (SSSR count). The van der Waals surface area contributed by atoms with Crippen LogP contribution in [0.25, 0.3) is 5.65 Å². The fourth-order valence-corrected chi connectivity index (χ4v) is 4.16. The summed E-state index contributed by atoms with van der Waals surface area (Å²) in [7, 11) is -0.230. The number of hydrogen-bond donors (Lipinski definition) is 1. The highest BCUT2D eigenvalue weighted by Crippen LogP contribution is 2.30. The Labute approximate surface area is 124 Å². The van der Waals surface area contributed by atoms with E-state index in [9.17, 15) is 8.42 Å². The topological polar surface area (TPSA) is 66.7 Å².